The van der Waals surface area contributed by atoms with Crippen LogP contribution in [-0.2, 0) is 4.79 Å². The fraction of sp³-hybridized carbons (Fsp3) is 0.875. The zero-order valence-corrected chi connectivity index (χ0v) is 6.68. The lowest BCUT2D eigenvalue weighted by molar-refractivity contribution is -0.119. The molecular weight excluding hydrogens is 126 g/mol. The Hall–Kier alpha value is -0.370. The molecule has 0 saturated heterocycles. The molecule has 58 valence electrons. The Labute approximate surface area is 61.8 Å². The van der Waals surface area contributed by atoms with Gasteiger partial charge in [0.2, 0.25) is 0 Å². The van der Waals surface area contributed by atoms with Gasteiger partial charge in [0.25, 0.3) is 0 Å². The molecule has 0 amide bonds. The zero-order valence-electron chi connectivity index (χ0n) is 6.68. The monoisotopic (exact) mass is 141 g/mol. The molecule has 2 atom stereocenters. The summed E-state index contributed by atoms with van der Waals surface area (Å²) in [6.07, 6.45) is 3.16. The summed E-state index contributed by atoms with van der Waals surface area (Å²) in [5.74, 6) is 0.640. The van der Waals surface area contributed by atoms with E-state index in [4.69, 9.17) is 5.73 Å². The fourth-order valence-corrected chi connectivity index (χ4v) is 1.49. The maximum Gasteiger partial charge on any atom is 0.149 e. The van der Waals surface area contributed by atoms with Gasteiger partial charge in [-0.15, -0.1) is 0 Å². The smallest absolute Gasteiger partial charge is 0.149 e. The van der Waals surface area contributed by atoms with Gasteiger partial charge in [0, 0.05) is 0 Å². The Bertz CT molecular complexity index is 155. The lowest BCUT2D eigenvalue weighted by Gasteiger charge is -2.04. The van der Waals surface area contributed by atoms with Crippen LogP contribution < -0.4 is 5.73 Å². The predicted molar refractivity (Wildman–Crippen MR) is 40.6 cm³/mol. The summed E-state index contributed by atoms with van der Waals surface area (Å²) in [4.78, 5) is 10.9. The zero-order chi connectivity index (χ0) is 7.78. The first-order chi connectivity index (χ1) is 4.61. The highest BCUT2D eigenvalue weighted by molar-refractivity contribution is 5.89. The summed E-state index contributed by atoms with van der Waals surface area (Å²) < 4.78 is 0. The molecular formula is C8H15NO. The maximum atomic E-state index is 10.9. The van der Waals surface area contributed by atoms with Crippen LogP contribution in [0.4, 0.5) is 0 Å². The molecule has 1 rings (SSSR count). The van der Waals surface area contributed by atoms with E-state index in [1.807, 2.05) is 0 Å². The van der Waals surface area contributed by atoms with Crippen LogP contribution in [0.3, 0.4) is 0 Å². The molecule has 2 N–H and O–H groups in total. The Balaban J connectivity index is 2.40. The minimum Gasteiger partial charge on any atom is -0.319 e. The quantitative estimate of drug-likeness (QED) is 0.639. The van der Waals surface area contributed by atoms with Gasteiger partial charge >= 0.3 is 0 Å². The van der Waals surface area contributed by atoms with Crippen LogP contribution in [0.1, 0.15) is 33.1 Å². The Morgan fingerprint density at radius 2 is 2.40 bits per heavy atom. The van der Waals surface area contributed by atoms with Crippen LogP contribution in [0.15, 0.2) is 0 Å². The lowest BCUT2D eigenvalue weighted by Crippen LogP contribution is -2.33. The first-order valence-electron chi connectivity index (χ1n) is 3.91. The van der Waals surface area contributed by atoms with Gasteiger partial charge in [-0.3, -0.25) is 4.79 Å². The lowest BCUT2D eigenvalue weighted by atomic mass is 10.1. The van der Waals surface area contributed by atoms with Crippen molar-refractivity contribution in [3.8, 4) is 0 Å². The van der Waals surface area contributed by atoms with Gasteiger partial charge in [-0.25, -0.2) is 0 Å². The second-order valence-electron chi connectivity index (χ2n) is 3.29. The number of carbonyl (C=O) groups excluding carboxylic acids is 1. The van der Waals surface area contributed by atoms with Crippen LogP contribution in [0, 0.1) is 5.92 Å². The molecule has 0 aromatic carbocycles. The topological polar surface area (TPSA) is 43.1 Å². The molecule has 0 aromatic heterocycles. The third-order valence-corrected chi connectivity index (χ3v) is 2.45. The third kappa shape index (κ3) is 1.08. The van der Waals surface area contributed by atoms with E-state index in [1.165, 1.54) is 0 Å². The van der Waals surface area contributed by atoms with Crippen LogP contribution in [0.5, 0.6) is 0 Å². The second-order valence-corrected chi connectivity index (χ2v) is 3.29. The molecule has 0 spiro atoms. The summed E-state index contributed by atoms with van der Waals surface area (Å²) in [5, 5.41) is 0. The summed E-state index contributed by atoms with van der Waals surface area (Å²) in [7, 11) is 0. The van der Waals surface area contributed by atoms with Gasteiger partial charge in [0.1, 0.15) is 5.78 Å². The summed E-state index contributed by atoms with van der Waals surface area (Å²) >= 11 is 0. The molecule has 0 heterocycles. The summed E-state index contributed by atoms with van der Waals surface area (Å²) in [6, 6.07) is 0. The van der Waals surface area contributed by atoms with E-state index in [2.05, 4.69) is 6.92 Å². The van der Waals surface area contributed by atoms with Gasteiger partial charge in [-0.1, -0.05) is 13.3 Å². The maximum absolute atomic E-state index is 10.9. The number of carbonyl (C=O) groups is 1. The van der Waals surface area contributed by atoms with Crippen molar-refractivity contribution in [1.29, 1.82) is 0 Å². The van der Waals surface area contributed by atoms with E-state index in [0.717, 1.165) is 19.3 Å². The molecule has 0 aromatic rings. The summed E-state index contributed by atoms with van der Waals surface area (Å²) in [6.45, 7) is 3.72. The first-order valence-corrected chi connectivity index (χ1v) is 3.91. The number of hydrogen-bond donors (Lipinski definition) is 1. The third-order valence-electron chi connectivity index (χ3n) is 2.45. The number of rotatable bonds is 3. The second kappa shape index (κ2) is 2.35. The predicted octanol–water partition coefficient (Wildman–Crippen LogP) is 1.09. The van der Waals surface area contributed by atoms with Gasteiger partial charge in [-0.2, -0.15) is 0 Å². The van der Waals surface area contributed by atoms with E-state index >= 15 is 0 Å². The van der Waals surface area contributed by atoms with Crippen molar-refractivity contribution in [3.63, 3.8) is 0 Å². The van der Waals surface area contributed by atoms with E-state index in [1.54, 1.807) is 6.92 Å². The van der Waals surface area contributed by atoms with Crippen LogP contribution in [0.2, 0.25) is 0 Å². The average Bonchev–Trinajstić information content (AvgIpc) is 2.45. The number of ketones is 1. The Morgan fingerprint density at radius 1 is 1.80 bits per heavy atom. The van der Waals surface area contributed by atoms with Crippen LogP contribution in [-0.4, -0.2) is 11.3 Å². The molecule has 0 bridgehead atoms. The molecule has 0 radical (unpaired) electrons. The molecule has 1 aliphatic rings. The standard InChI is InChI=1S/C8H15NO/c1-3-4-7-5-8(7,9)6(2)10/h7H,3-5,9H2,1-2H3. The van der Waals surface area contributed by atoms with Gasteiger partial charge in [0.05, 0.1) is 5.54 Å². The van der Waals surface area contributed by atoms with Crippen molar-refractivity contribution < 1.29 is 4.79 Å². The molecule has 10 heavy (non-hydrogen) atoms. The molecule has 2 unspecified atom stereocenters. The molecule has 1 saturated carbocycles. The highest BCUT2D eigenvalue weighted by Gasteiger charge is 2.53. The van der Waals surface area contributed by atoms with Gasteiger partial charge in [0.15, 0.2) is 0 Å². The van der Waals surface area contributed by atoms with Crippen LogP contribution >= 0.6 is 0 Å². The Kier molecular flexibility index (Phi) is 1.82. The Morgan fingerprint density at radius 3 is 2.70 bits per heavy atom. The molecule has 0 aliphatic heterocycles. The van der Waals surface area contributed by atoms with E-state index in [-0.39, 0.29) is 5.78 Å². The molecule has 2 heteroatoms. The minimum absolute atomic E-state index is 0.158. The van der Waals surface area contributed by atoms with Gasteiger partial charge in [-0.05, 0) is 25.7 Å². The van der Waals surface area contributed by atoms with E-state index < -0.39 is 5.54 Å². The molecule has 1 fully saturated rings. The SMILES string of the molecule is CCCC1CC1(N)C(C)=O. The largest absolute Gasteiger partial charge is 0.319 e. The summed E-state index contributed by atoms with van der Waals surface area (Å²) in [5.41, 5.74) is 5.35. The average molecular weight is 141 g/mol. The molecule has 1 aliphatic carbocycles. The number of Topliss-reactive ketones (excluding diaryl/α,β-unsaturated/α-hetero) is 1. The molecule has 2 nitrogen and oxygen atoms in total. The van der Waals surface area contributed by atoms with Crippen molar-refractivity contribution in [1.82, 2.24) is 0 Å². The fourth-order valence-electron chi connectivity index (χ4n) is 1.49. The van der Waals surface area contributed by atoms with Crippen molar-refractivity contribution in [2.75, 3.05) is 0 Å². The van der Waals surface area contributed by atoms with Crippen molar-refractivity contribution >= 4 is 5.78 Å². The minimum atomic E-state index is -0.421. The van der Waals surface area contributed by atoms with Crippen molar-refractivity contribution in [3.05, 3.63) is 0 Å². The van der Waals surface area contributed by atoms with E-state index in [9.17, 15) is 4.79 Å². The van der Waals surface area contributed by atoms with Crippen LogP contribution in [0.25, 0.3) is 0 Å². The van der Waals surface area contributed by atoms with Gasteiger partial charge < -0.3 is 5.73 Å². The number of nitrogens with two attached hydrogens (primary N) is 1. The highest BCUT2D eigenvalue weighted by Crippen LogP contribution is 2.44. The number of hydrogen-bond acceptors (Lipinski definition) is 2. The highest BCUT2D eigenvalue weighted by atomic mass is 16.1. The van der Waals surface area contributed by atoms with Crippen molar-refractivity contribution in [2.45, 2.75) is 38.6 Å². The van der Waals surface area contributed by atoms with E-state index in [0.29, 0.717) is 5.92 Å². The van der Waals surface area contributed by atoms with Crippen molar-refractivity contribution in [2.24, 2.45) is 11.7 Å². The first kappa shape index (κ1) is 7.73. The normalized spacial score (nSPS) is 37.7.